The Morgan fingerprint density at radius 1 is 1.24 bits per heavy atom. The van der Waals surface area contributed by atoms with Crippen molar-refractivity contribution in [3.8, 4) is 0 Å². The van der Waals surface area contributed by atoms with E-state index in [0.717, 1.165) is 11.8 Å². The van der Waals surface area contributed by atoms with Gasteiger partial charge < -0.3 is 4.74 Å². The summed E-state index contributed by atoms with van der Waals surface area (Å²) in [5, 5.41) is 0. The molecule has 0 radical (unpaired) electrons. The number of Topliss-reactive ketones (excluding diaryl/α,β-unsaturated/α-hetero) is 1. The molecule has 1 aromatic carbocycles. The summed E-state index contributed by atoms with van der Waals surface area (Å²) < 4.78 is 29.7. The van der Waals surface area contributed by atoms with E-state index in [2.05, 4.69) is 4.98 Å². The summed E-state index contributed by atoms with van der Waals surface area (Å²) >= 11 is 0. The van der Waals surface area contributed by atoms with E-state index in [9.17, 15) is 18.0 Å². The van der Waals surface area contributed by atoms with Gasteiger partial charge in [-0.1, -0.05) is 6.07 Å². The van der Waals surface area contributed by atoms with Crippen LogP contribution < -0.4 is 4.31 Å². The predicted molar refractivity (Wildman–Crippen MR) is 91.2 cm³/mol. The van der Waals surface area contributed by atoms with E-state index in [4.69, 9.17) is 4.74 Å². The first kappa shape index (κ1) is 17.1. The summed E-state index contributed by atoms with van der Waals surface area (Å²) in [7, 11) is -3.33. The zero-order valence-electron chi connectivity index (χ0n) is 13.5. The SMILES string of the molecule is CS(=O)(=O)N1CCc2cc(C(=O)COC(=O)c3ccccn3)ccc21. The van der Waals surface area contributed by atoms with Crippen LogP contribution in [0.3, 0.4) is 0 Å². The lowest BCUT2D eigenvalue weighted by Crippen LogP contribution is -2.27. The number of hydrogen-bond donors (Lipinski definition) is 0. The highest BCUT2D eigenvalue weighted by Crippen LogP contribution is 2.30. The molecule has 0 N–H and O–H groups in total. The van der Waals surface area contributed by atoms with Crippen molar-refractivity contribution in [2.45, 2.75) is 6.42 Å². The number of anilines is 1. The van der Waals surface area contributed by atoms with Crippen molar-refractivity contribution >= 4 is 27.5 Å². The third kappa shape index (κ3) is 3.69. The van der Waals surface area contributed by atoms with Gasteiger partial charge in [-0.3, -0.25) is 9.10 Å². The standard InChI is InChI=1S/C17H16N2O5S/c1-25(22,23)19-9-7-12-10-13(5-6-15(12)19)16(20)11-24-17(21)14-4-2-3-8-18-14/h2-6,8,10H,7,9,11H2,1H3. The molecule has 0 spiro atoms. The molecule has 0 aliphatic carbocycles. The minimum absolute atomic E-state index is 0.132. The van der Waals surface area contributed by atoms with Crippen molar-refractivity contribution in [1.29, 1.82) is 0 Å². The zero-order valence-corrected chi connectivity index (χ0v) is 14.3. The van der Waals surface area contributed by atoms with Crippen LogP contribution in [0.4, 0.5) is 5.69 Å². The average Bonchev–Trinajstić information content (AvgIpc) is 3.03. The first-order chi connectivity index (χ1) is 11.9. The monoisotopic (exact) mass is 360 g/mol. The van der Waals surface area contributed by atoms with Gasteiger partial charge in [0.1, 0.15) is 5.69 Å². The number of esters is 1. The summed E-state index contributed by atoms with van der Waals surface area (Å²) in [6.07, 6.45) is 3.15. The number of pyridine rings is 1. The van der Waals surface area contributed by atoms with Crippen molar-refractivity contribution < 1.29 is 22.7 Å². The molecule has 25 heavy (non-hydrogen) atoms. The molecule has 1 aliphatic rings. The molecular weight excluding hydrogens is 344 g/mol. The summed E-state index contributed by atoms with van der Waals surface area (Å²) in [4.78, 5) is 27.9. The van der Waals surface area contributed by atoms with E-state index >= 15 is 0 Å². The molecule has 130 valence electrons. The lowest BCUT2D eigenvalue weighted by Gasteiger charge is -2.16. The van der Waals surface area contributed by atoms with Crippen LogP contribution in [0.15, 0.2) is 42.6 Å². The molecule has 0 unspecified atom stereocenters. The van der Waals surface area contributed by atoms with Gasteiger partial charge in [0, 0.05) is 18.3 Å². The summed E-state index contributed by atoms with van der Waals surface area (Å²) in [5.41, 5.74) is 1.88. The van der Waals surface area contributed by atoms with Crippen LogP contribution in [-0.2, 0) is 21.2 Å². The highest BCUT2D eigenvalue weighted by atomic mass is 32.2. The van der Waals surface area contributed by atoms with E-state index < -0.39 is 22.6 Å². The van der Waals surface area contributed by atoms with Gasteiger partial charge in [-0.15, -0.1) is 0 Å². The van der Waals surface area contributed by atoms with Crippen molar-refractivity contribution in [1.82, 2.24) is 4.98 Å². The first-order valence-corrected chi connectivity index (χ1v) is 9.43. The second kappa shape index (κ2) is 6.64. The highest BCUT2D eigenvalue weighted by Gasteiger charge is 2.26. The molecule has 0 amide bonds. The normalized spacial score (nSPS) is 13.4. The van der Waals surface area contributed by atoms with Gasteiger partial charge in [-0.25, -0.2) is 18.2 Å². The van der Waals surface area contributed by atoms with Crippen molar-refractivity contribution in [2.75, 3.05) is 23.7 Å². The zero-order chi connectivity index (χ0) is 18.0. The van der Waals surface area contributed by atoms with Crippen LogP contribution >= 0.6 is 0 Å². The maximum atomic E-state index is 12.2. The third-order valence-electron chi connectivity index (χ3n) is 3.86. The molecule has 2 aromatic rings. The predicted octanol–water partition coefficient (Wildman–Crippen LogP) is 1.44. The number of ether oxygens (including phenoxy) is 1. The molecule has 2 heterocycles. The van der Waals surface area contributed by atoms with Crippen LogP contribution in [0.2, 0.25) is 0 Å². The van der Waals surface area contributed by atoms with Crippen LogP contribution in [0.25, 0.3) is 0 Å². The molecule has 0 fully saturated rings. The van der Waals surface area contributed by atoms with Crippen LogP contribution in [0.5, 0.6) is 0 Å². The molecule has 8 heteroatoms. The second-order valence-electron chi connectivity index (χ2n) is 5.64. The van der Waals surface area contributed by atoms with Crippen molar-refractivity contribution in [3.63, 3.8) is 0 Å². The molecule has 0 saturated carbocycles. The molecule has 0 saturated heterocycles. The Hall–Kier alpha value is -2.74. The van der Waals surface area contributed by atoms with Crippen LogP contribution in [-0.4, -0.2) is 44.6 Å². The molecule has 7 nitrogen and oxygen atoms in total. The largest absolute Gasteiger partial charge is 0.453 e. The average molecular weight is 360 g/mol. The van der Waals surface area contributed by atoms with Crippen molar-refractivity contribution in [3.05, 3.63) is 59.4 Å². The van der Waals surface area contributed by atoms with Gasteiger partial charge in [-0.05, 0) is 42.3 Å². The van der Waals surface area contributed by atoms with E-state index in [1.807, 2.05) is 0 Å². The molecule has 1 aliphatic heterocycles. The second-order valence-corrected chi connectivity index (χ2v) is 7.55. The number of ketones is 1. The topological polar surface area (TPSA) is 93.6 Å². The third-order valence-corrected chi connectivity index (χ3v) is 5.04. The molecule has 0 atom stereocenters. The Balaban J connectivity index is 1.69. The maximum Gasteiger partial charge on any atom is 0.357 e. The van der Waals surface area contributed by atoms with Gasteiger partial charge in [-0.2, -0.15) is 0 Å². The van der Waals surface area contributed by atoms with Gasteiger partial charge in [0.25, 0.3) is 0 Å². The first-order valence-electron chi connectivity index (χ1n) is 7.58. The lowest BCUT2D eigenvalue weighted by molar-refractivity contribution is 0.0469. The number of carbonyl (C=O) groups is 2. The fourth-order valence-corrected chi connectivity index (χ4v) is 3.62. The highest BCUT2D eigenvalue weighted by molar-refractivity contribution is 7.92. The summed E-state index contributed by atoms with van der Waals surface area (Å²) in [6, 6.07) is 9.63. The van der Waals surface area contributed by atoms with Crippen LogP contribution in [0.1, 0.15) is 26.4 Å². The molecule has 1 aromatic heterocycles. The number of fused-ring (bicyclic) bond motifs is 1. The fraction of sp³-hybridized carbons (Fsp3) is 0.235. The Bertz CT molecular complexity index is 925. The number of nitrogens with zero attached hydrogens (tertiary/aromatic N) is 2. The van der Waals surface area contributed by atoms with Gasteiger partial charge in [0.05, 0.1) is 11.9 Å². The fourth-order valence-electron chi connectivity index (χ4n) is 2.66. The smallest absolute Gasteiger partial charge is 0.357 e. The number of carbonyl (C=O) groups excluding carboxylic acids is 2. The summed E-state index contributed by atoms with van der Waals surface area (Å²) in [5.74, 6) is -1.02. The quantitative estimate of drug-likeness (QED) is 0.592. The summed E-state index contributed by atoms with van der Waals surface area (Å²) in [6.45, 7) is -0.0372. The minimum Gasteiger partial charge on any atom is -0.453 e. The molecular formula is C17H16N2O5S. The Labute approximate surface area is 145 Å². The Morgan fingerprint density at radius 3 is 2.72 bits per heavy atom. The van der Waals surface area contributed by atoms with Gasteiger partial charge in [0.2, 0.25) is 10.0 Å². The maximum absolute atomic E-state index is 12.2. The van der Waals surface area contributed by atoms with E-state index in [1.165, 1.54) is 16.6 Å². The van der Waals surface area contributed by atoms with Crippen LogP contribution in [0, 0.1) is 0 Å². The van der Waals surface area contributed by atoms with E-state index in [1.54, 1.807) is 30.3 Å². The molecule has 3 rings (SSSR count). The van der Waals surface area contributed by atoms with Crippen molar-refractivity contribution in [2.24, 2.45) is 0 Å². The van der Waals surface area contributed by atoms with Gasteiger partial charge >= 0.3 is 5.97 Å². The Morgan fingerprint density at radius 2 is 2.04 bits per heavy atom. The Kier molecular flexibility index (Phi) is 4.54. The number of rotatable bonds is 5. The lowest BCUT2D eigenvalue weighted by atomic mass is 10.1. The van der Waals surface area contributed by atoms with E-state index in [-0.39, 0.29) is 11.5 Å². The van der Waals surface area contributed by atoms with E-state index in [0.29, 0.717) is 24.2 Å². The minimum atomic E-state index is -3.33. The number of hydrogen-bond acceptors (Lipinski definition) is 6. The molecule has 0 bridgehead atoms. The number of aromatic nitrogens is 1. The number of sulfonamides is 1. The number of benzene rings is 1. The van der Waals surface area contributed by atoms with Gasteiger partial charge in [0.15, 0.2) is 12.4 Å².